The predicted octanol–water partition coefficient (Wildman–Crippen LogP) is 3.26. The third-order valence-corrected chi connectivity index (χ3v) is 8.31. The number of thiazole rings is 1. The molecule has 4 aromatic rings. The molecular weight excluding hydrogens is 562 g/mol. The lowest BCUT2D eigenvalue weighted by Gasteiger charge is -2.39. The number of carbonyl (C=O) groups excluding carboxylic acids is 1. The minimum atomic E-state index is -3.18. The number of aliphatic hydroxyl groups is 1. The van der Waals surface area contributed by atoms with Gasteiger partial charge in [0.25, 0.3) is 0 Å². The number of amides is 1. The fourth-order valence-electron chi connectivity index (χ4n) is 5.01. The number of likely N-dealkylation sites (tertiary alicyclic amines) is 1. The Balaban J connectivity index is 1.38. The second-order valence-electron chi connectivity index (χ2n) is 9.96. The van der Waals surface area contributed by atoms with Crippen molar-refractivity contribution in [1.82, 2.24) is 24.4 Å². The van der Waals surface area contributed by atoms with Crippen LogP contribution in [0, 0.1) is 23.0 Å². The highest BCUT2D eigenvalue weighted by molar-refractivity contribution is 7.16. The highest BCUT2D eigenvalue weighted by Crippen LogP contribution is 2.39. The number of benzene rings is 1. The van der Waals surface area contributed by atoms with E-state index >= 15 is 4.39 Å². The molecule has 0 aliphatic carbocycles. The van der Waals surface area contributed by atoms with Crippen molar-refractivity contribution < 1.29 is 28.3 Å². The van der Waals surface area contributed by atoms with Crippen molar-refractivity contribution in [3.05, 3.63) is 58.7 Å². The SMILES string of the molecule is [2H]C([2H])(C(=O)N1CC(O)C1)N1CCN(c2cc3c(N(C)c4nc(-c5ccc(F)cc5)c(C#N)s4)c(C([2H])([2H])C([2H])([2H])[2H])nn3cc2F)CC1. The van der Waals surface area contributed by atoms with E-state index in [9.17, 15) is 19.6 Å². The first kappa shape index (κ1) is 20.7. The number of nitrogens with zero attached hydrogens (tertiary/aromatic N) is 8. The maximum atomic E-state index is 15.7. The second-order valence-corrected chi connectivity index (χ2v) is 10.9. The highest BCUT2D eigenvalue weighted by Gasteiger charge is 2.31. The predicted molar refractivity (Wildman–Crippen MR) is 156 cm³/mol. The molecule has 0 saturated carbocycles. The lowest BCUT2D eigenvalue weighted by molar-refractivity contribution is -0.142. The summed E-state index contributed by atoms with van der Waals surface area (Å²) in [5.41, 5.74) is 0.315. The van der Waals surface area contributed by atoms with Crippen LogP contribution in [-0.2, 0) is 11.2 Å². The zero-order valence-electron chi connectivity index (χ0n) is 29.4. The first-order chi connectivity index (χ1) is 22.9. The molecule has 1 amide bonds. The molecular formula is C29H30F2N8O2S. The van der Waals surface area contributed by atoms with Gasteiger partial charge in [-0.2, -0.15) is 10.4 Å². The number of carbonyl (C=O) groups is 1. The summed E-state index contributed by atoms with van der Waals surface area (Å²) in [6, 6.07) is 8.79. The number of pyridine rings is 1. The largest absolute Gasteiger partial charge is 0.389 e. The van der Waals surface area contributed by atoms with E-state index in [2.05, 4.69) is 16.2 Å². The van der Waals surface area contributed by atoms with E-state index in [1.807, 2.05) is 0 Å². The summed E-state index contributed by atoms with van der Waals surface area (Å²) in [6.45, 7) is -5.06. The van der Waals surface area contributed by atoms with Crippen LogP contribution in [0.15, 0.2) is 36.5 Å². The van der Waals surface area contributed by atoms with Gasteiger partial charge in [-0.3, -0.25) is 9.69 Å². The fourth-order valence-corrected chi connectivity index (χ4v) is 5.87. The summed E-state index contributed by atoms with van der Waals surface area (Å²) in [6.07, 6.45) is -2.69. The van der Waals surface area contributed by atoms with Gasteiger partial charge in [0.1, 0.15) is 22.5 Å². The zero-order chi connectivity index (χ0) is 35.6. The molecule has 218 valence electrons. The smallest absolute Gasteiger partial charge is 0.236 e. The number of aryl methyl sites for hydroxylation is 1. The van der Waals surface area contributed by atoms with E-state index in [1.165, 1.54) is 52.1 Å². The lowest BCUT2D eigenvalue weighted by Crippen LogP contribution is -2.57. The number of anilines is 3. The van der Waals surface area contributed by atoms with Crippen LogP contribution in [0.2, 0.25) is 0 Å². The van der Waals surface area contributed by atoms with Gasteiger partial charge in [-0.15, -0.1) is 0 Å². The number of hydrogen-bond donors (Lipinski definition) is 1. The third kappa shape index (κ3) is 5.17. The molecule has 0 bridgehead atoms. The Bertz CT molecular complexity index is 1950. The molecule has 5 heterocycles. The minimum absolute atomic E-state index is 0.0384. The third-order valence-electron chi connectivity index (χ3n) is 7.27. The Morgan fingerprint density at radius 1 is 1.26 bits per heavy atom. The van der Waals surface area contributed by atoms with Gasteiger partial charge < -0.3 is 19.8 Å². The minimum Gasteiger partial charge on any atom is -0.389 e. The molecule has 2 aliphatic heterocycles. The van der Waals surface area contributed by atoms with Crippen molar-refractivity contribution in [1.29, 1.82) is 5.26 Å². The molecule has 0 atom stereocenters. The monoisotopic (exact) mass is 599 g/mol. The number of fused-ring (bicyclic) bond motifs is 1. The number of aliphatic hydroxyl groups excluding tert-OH is 1. The molecule has 2 aliphatic rings. The van der Waals surface area contributed by atoms with Crippen LogP contribution in [0.1, 0.15) is 27.0 Å². The molecule has 6 rings (SSSR count). The van der Waals surface area contributed by atoms with Gasteiger partial charge in [-0.1, -0.05) is 18.2 Å². The fraction of sp³-hybridized carbons (Fsp3) is 0.379. The number of aromatic nitrogens is 3. The highest BCUT2D eigenvalue weighted by atomic mass is 32.1. The Kier molecular flexibility index (Phi) is 5.56. The summed E-state index contributed by atoms with van der Waals surface area (Å²) in [7, 11) is 1.49. The average molecular weight is 600 g/mol. The molecule has 10 nitrogen and oxygen atoms in total. The van der Waals surface area contributed by atoms with Crippen LogP contribution in [0.4, 0.5) is 25.3 Å². The van der Waals surface area contributed by atoms with Crippen LogP contribution in [0.3, 0.4) is 0 Å². The lowest BCUT2D eigenvalue weighted by atomic mass is 10.1. The standard InChI is InChI=1S/C29H30F2N8O2S/c1-3-22-28(35(2)29-33-27(25(13-32)42-29)18-4-6-19(30)7-5-18)24-12-23(21(31)16-39(24)34-22)37-10-8-36(9-11-37)17-26(41)38-14-20(40)15-38/h4-7,12,16,20,40H,3,8-11,14-15,17H2,1-2H3/i1D3,3D2,17D2. The molecule has 2 saturated heterocycles. The van der Waals surface area contributed by atoms with E-state index in [1.54, 1.807) is 4.90 Å². The molecule has 42 heavy (non-hydrogen) atoms. The summed E-state index contributed by atoms with van der Waals surface area (Å²) in [4.78, 5) is 23.1. The van der Waals surface area contributed by atoms with Crippen molar-refractivity contribution in [2.45, 2.75) is 19.3 Å². The maximum Gasteiger partial charge on any atom is 0.236 e. The van der Waals surface area contributed by atoms with Gasteiger partial charge in [0.15, 0.2) is 10.9 Å². The Morgan fingerprint density at radius 3 is 2.67 bits per heavy atom. The van der Waals surface area contributed by atoms with Crippen molar-refractivity contribution in [2.24, 2.45) is 0 Å². The second kappa shape index (κ2) is 11.3. The molecule has 0 unspecified atom stereocenters. The summed E-state index contributed by atoms with van der Waals surface area (Å²) in [5, 5.41) is 23.7. The number of hydrogen-bond acceptors (Lipinski definition) is 9. The van der Waals surface area contributed by atoms with E-state index < -0.39 is 49.1 Å². The van der Waals surface area contributed by atoms with Crippen molar-refractivity contribution in [2.75, 3.05) is 62.6 Å². The van der Waals surface area contributed by atoms with Gasteiger partial charge in [0.2, 0.25) is 5.91 Å². The van der Waals surface area contributed by atoms with Crippen molar-refractivity contribution >= 4 is 39.3 Å². The zero-order valence-corrected chi connectivity index (χ0v) is 23.2. The first-order valence-corrected chi connectivity index (χ1v) is 13.9. The molecule has 0 radical (unpaired) electrons. The number of piperazine rings is 1. The van der Waals surface area contributed by atoms with E-state index in [0.717, 1.165) is 22.0 Å². The molecule has 0 spiro atoms. The topological polar surface area (TPSA) is 104 Å². The number of halogens is 2. The van der Waals surface area contributed by atoms with E-state index in [4.69, 9.17) is 9.60 Å². The summed E-state index contributed by atoms with van der Waals surface area (Å²) >= 11 is 0.938. The summed E-state index contributed by atoms with van der Waals surface area (Å²) < 4.78 is 88.1. The Labute approximate surface area is 255 Å². The maximum absolute atomic E-state index is 15.7. The van der Waals surface area contributed by atoms with Gasteiger partial charge >= 0.3 is 0 Å². The van der Waals surface area contributed by atoms with Crippen molar-refractivity contribution in [3.8, 4) is 17.3 Å². The number of rotatable bonds is 7. The van der Waals surface area contributed by atoms with Gasteiger partial charge in [-0.25, -0.2) is 18.3 Å². The van der Waals surface area contributed by atoms with Crippen LogP contribution in [0.25, 0.3) is 16.8 Å². The number of nitriles is 1. The average Bonchev–Trinajstić information content (AvgIpc) is 3.64. The van der Waals surface area contributed by atoms with Crippen molar-refractivity contribution in [3.63, 3.8) is 0 Å². The quantitative estimate of drug-likeness (QED) is 0.345. The van der Waals surface area contributed by atoms with Gasteiger partial charge in [0.05, 0.1) is 44.1 Å². The van der Waals surface area contributed by atoms with Gasteiger partial charge in [0, 0.05) is 58.7 Å². The van der Waals surface area contributed by atoms with Crippen LogP contribution in [0.5, 0.6) is 0 Å². The van der Waals surface area contributed by atoms with Crippen LogP contribution in [-0.4, -0.2) is 94.3 Å². The number of β-amino-alcohol motifs (C(OH)–C–C–N with tert-alkyl or cyclic N) is 1. The van der Waals surface area contributed by atoms with Gasteiger partial charge in [-0.05, 0) is 36.7 Å². The molecule has 1 aromatic carbocycles. The first-order valence-electron chi connectivity index (χ1n) is 16.5. The Morgan fingerprint density at radius 2 is 2.00 bits per heavy atom. The normalized spacial score (nSPS) is 19.5. The molecule has 3 aromatic heterocycles. The molecule has 2 fully saturated rings. The van der Waals surface area contributed by atoms with E-state index in [-0.39, 0.29) is 71.9 Å². The van der Waals surface area contributed by atoms with E-state index in [0.29, 0.717) is 5.56 Å². The summed E-state index contributed by atoms with van der Waals surface area (Å²) in [5.74, 6) is -2.00. The van der Waals surface area contributed by atoms with Crippen LogP contribution >= 0.6 is 11.3 Å². The molecule has 1 N–H and O–H groups in total. The molecule has 13 heteroatoms. The van der Waals surface area contributed by atoms with Crippen LogP contribution < -0.4 is 9.80 Å². The Hall–Kier alpha value is -4.12.